The molecule has 2 aromatic carbocycles. The van der Waals surface area contributed by atoms with Gasteiger partial charge in [0, 0.05) is 23.0 Å². The van der Waals surface area contributed by atoms with Gasteiger partial charge in [0.1, 0.15) is 17.4 Å². The van der Waals surface area contributed by atoms with Gasteiger partial charge in [-0.05, 0) is 55.2 Å². The van der Waals surface area contributed by atoms with Crippen molar-refractivity contribution in [2.45, 2.75) is 75.5 Å². The third kappa shape index (κ3) is 8.14. The predicted molar refractivity (Wildman–Crippen MR) is 156 cm³/mol. The summed E-state index contributed by atoms with van der Waals surface area (Å²) in [6.07, 6.45) is -0.969. The number of hydrogen-bond donors (Lipinski definition) is 3. The Morgan fingerprint density at radius 1 is 1.16 bits per heavy atom. The summed E-state index contributed by atoms with van der Waals surface area (Å²) in [6, 6.07) is 9.68. The van der Waals surface area contributed by atoms with Gasteiger partial charge in [-0.25, -0.2) is 0 Å². The molecule has 0 aromatic heterocycles. The Morgan fingerprint density at radius 3 is 2.53 bits per heavy atom. The quantitative estimate of drug-likeness (QED) is 0.316. The van der Waals surface area contributed by atoms with Gasteiger partial charge in [-0.1, -0.05) is 49.2 Å². The molecular formula is C31H32ClF3N4O6. The number of benzene rings is 2. The van der Waals surface area contributed by atoms with Crippen LogP contribution in [0.5, 0.6) is 5.75 Å². The van der Waals surface area contributed by atoms with E-state index in [4.69, 9.17) is 16.4 Å². The summed E-state index contributed by atoms with van der Waals surface area (Å²) < 4.78 is 41.6. The van der Waals surface area contributed by atoms with Crippen LogP contribution in [0.3, 0.4) is 0 Å². The highest BCUT2D eigenvalue weighted by molar-refractivity contribution is 6.38. The van der Waals surface area contributed by atoms with E-state index in [0.29, 0.717) is 22.7 Å². The van der Waals surface area contributed by atoms with E-state index >= 15 is 0 Å². The number of nitrogens with zero attached hydrogens (tertiary/aromatic N) is 1. The molecule has 0 radical (unpaired) electrons. The number of hydrogen-bond acceptors (Lipinski definition) is 7. The van der Waals surface area contributed by atoms with Crippen molar-refractivity contribution in [1.82, 2.24) is 21.0 Å². The van der Waals surface area contributed by atoms with Gasteiger partial charge in [-0.15, -0.1) is 13.2 Å². The van der Waals surface area contributed by atoms with Crippen LogP contribution in [0.15, 0.2) is 54.6 Å². The molecule has 2 aliphatic heterocycles. The molecular weight excluding hydrogens is 617 g/mol. The third-order valence-corrected chi connectivity index (χ3v) is 7.98. The van der Waals surface area contributed by atoms with Crippen LogP contribution in [-0.4, -0.2) is 65.0 Å². The number of ketones is 1. The fraction of sp³-hybridized carbons (Fsp3) is 0.419. The summed E-state index contributed by atoms with van der Waals surface area (Å²) in [5, 5.41) is 5.84. The molecule has 240 valence electrons. The van der Waals surface area contributed by atoms with Gasteiger partial charge in [0.2, 0.25) is 17.6 Å². The first-order valence-corrected chi connectivity index (χ1v) is 14.9. The highest BCUT2D eigenvalue weighted by atomic mass is 35.5. The lowest BCUT2D eigenvalue weighted by molar-refractivity contribution is -0.274. The minimum absolute atomic E-state index is 0.0291. The summed E-state index contributed by atoms with van der Waals surface area (Å²) >= 11 is 6.15. The average Bonchev–Trinajstić information content (AvgIpc) is 3.57. The van der Waals surface area contributed by atoms with Gasteiger partial charge >= 0.3 is 6.36 Å². The molecule has 2 heterocycles. The Morgan fingerprint density at radius 2 is 1.89 bits per heavy atom. The van der Waals surface area contributed by atoms with E-state index in [0.717, 1.165) is 30.5 Å². The van der Waals surface area contributed by atoms with E-state index in [1.807, 2.05) is 13.0 Å². The van der Waals surface area contributed by atoms with Gasteiger partial charge < -0.3 is 20.3 Å². The van der Waals surface area contributed by atoms with Crippen LogP contribution >= 0.6 is 11.6 Å². The van der Waals surface area contributed by atoms with E-state index in [9.17, 15) is 32.3 Å². The molecule has 14 heteroatoms. The molecule has 5 rings (SSSR count). The number of rotatable bonds is 11. The first-order chi connectivity index (χ1) is 21.3. The third-order valence-electron chi connectivity index (χ3n) is 7.74. The lowest BCUT2D eigenvalue weighted by atomic mass is 9.97. The number of alkyl halides is 3. The number of carbonyl (C=O) groups is 4. The van der Waals surface area contributed by atoms with Crippen LogP contribution in [0.25, 0.3) is 5.70 Å². The standard InChI is InChI=1S/C31H32ClF3N4O6/c1-2-4-23(27(41)29(43)36-21-9-10-21)37-28(42)25-16-30(15-24(38-45-30)19-5-3-6-20(32)14-19)17-39(25)26(40)13-18-7-11-22(12-8-18)44-31(33,34)35/h3,5-8,11-12,14-15,21,23,25,38H,2,4,9-10,13,16-17H2,1H3,(H,36,43)(H,37,42)/t23-,25-,30+/m0/s1. The van der Waals surface area contributed by atoms with Gasteiger partial charge in [-0.3, -0.25) is 29.5 Å². The second-order valence-corrected chi connectivity index (χ2v) is 11.8. The normalized spacial score (nSPS) is 21.6. The van der Waals surface area contributed by atoms with Crippen LogP contribution in [0.2, 0.25) is 5.02 Å². The van der Waals surface area contributed by atoms with Crippen LogP contribution in [0.1, 0.15) is 50.2 Å². The maximum absolute atomic E-state index is 13.7. The summed E-state index contributed by atoms with van der Waals surface area (Å²) in [5.41, 5.74) is 3.45. The number of Topliss-reactive ketones (excluding diaryl/α,β-unsaturated/α-hetero) is 1. The predicted octanol–water partition coefficient (Wildman–Crippen LogP) is 3.83. The topological polar surface area (TPSA) is 126 Å². The fourth-order valence-electron chi connectivity index (χ4n) is 5.41. The molecule has 1 saturated heterocycles. The van der Waals surface area contributed by atoms with Gasteiger partial charge in [-0.2, -0.15) is 0 Å². The van der Waals surface area contributed by atoms with E-state index in [1.54, 1.807) is 24.3 Å². The van der Waals surface area contributed by atoms with Crippen LogP contribution in [0.4, 0.5) is 13.2 Å². The summed E-state index contributed by atoms with van der Waals surface area (Å²) in [6.45, 7) is 1.78. The zero-order chi connectivity index (χ0) is 32.4. The lowest BCUT2D eigenvalue weighted by Crippen LogP contribution is -2.53. The highest BCUT2D eigenvalue weighted by Crippen LogP contribution is 2.38. The Balaban J connectivity index is 1.37. The Kier molecular flexibility index (Phi) is 9.40. The van der Waals surface area contributed by atoms with Crippen LogP contribution < -0.4 is 20.9 Å². The second kappa shape index (κ2) is 13.1. The van der Waals surface area contributed by atoms with Crippen LogP contribution in [0, 0.1) is 0 Å². The van der Waals surface area contributed by atoms with Crippen molar-refractivity contribution in [2.24, 2.45) is 0 Å². The number of nitrogens with one attached hydrogen (secondary N) is 3. The van der Waals surface area contributed by atoms with Crippen molar-refractivity contribution in [2.75, 3.05) is 6.54 Å². The second-order valence-electron chi connectivity index (χ2n) is 11.4. The smallest absolute Gasteiger partial charge is 0.406 e. The van der Waals surface area contributed by atoms with Crippen molar-refractivity contribution < 1.29 is 41.9 Å². The molecule has 3 atom stereocenters. The minimum atomic E-state index is -4.86. The number of halogens is 4. The molecule has 2 aromatic rings. The maximum atomic E-state index is 13.7. The number of amides is 3. The molecule has 1 spiro atoms. The van der Waals surface area contributed by atoms with E-state index in [2.05, 4.69) is 20.9 Å². The Bertz CT molecular complexity index is 1500. The largest absolute Gasteiger partial charge is 0.573 e. The highest BCUT2D eigenvalue weighted by Gasteiger charge is 2.52. The molecule has 1 saturated carbocycles. The van der Waals surface area contributed by atoms with Crippen molar-refractivity contribution >= 4 is 40.8 Å². The van der Waals surface area contributed by atoms with Crippen molar-refractivity contribution in [3.05, 3.63) is 70.8 Å². The minimum Gasteiger partial charge on any atom is -0.406 e. The maximum Gasteiger partial charge on any atom is 0.573 e. The molecule has 1 aliphatic carbocycles. The molecule has 3 N–H and O–H groups in total. The van der Waals surface area contributed by atoms with Gasteiger partial charge in [0.05, 0.1) is 24.7 Å². The van der Waals surface area contributed by atoms with Gasteiger partial charge in [0.15, 0.2) is 0 Å². The fourth-order valence-corrected chi connectivity index (χ4v) is 5.60. The Labute approximate surface area is 262 Å². The first-order valence-electron chi connectivity index (χ1n) is 14.6. The number of likely N-dealkylation sites (tertiary alicyclic amines) is 1. The van der Waals surface area contributed by atoms with Gasteiger partial charge in [0.25, 0.3) is 5.91 Å². The molecule has 2 fully saturated rings. The Hall–Kier alpha value is -4.10. The summed E-state index contributed by atoms with van der Waals surface area (Å²) in [5.74, 6) is -3.08. The van der Waals surface area contributed by atoms with Crippen molar-refractivity contribution in [1.29, 1.82) is 0 Å². The number of ether oxygens (including phenoxy) is 1. The van der Waals surface area contributed by atoms with Crippen molar-refractivity contribution in [3.8, 4) is 5.75 Å². The molecule has 45 heavy (non-hydrogen) atoms. The van der Waals surface area contributed by atoms with Crippen LogP contribution in [-0.2, 0) is 30.4 Å². The first kappa shape index (κ1) is 32.3. The summed E-state index contributed by atoms with van der Waals surface area (Å²) in [7, 11) is 0. The average molecular weight is 649 g/mol. The number of hydroxylamine groups is 1. The zero-order valence-electron chi connectivity index (χ0n) is 24.3. The summed E-state index contributed by atoms with van der Waals surface area (Å²) in [4.78, 5) is 60.1. The van der Waals surface area contributed by atoms with Crippen molar-refractivity contribution in [3.63, 3.8) is 0 Å². The molecule has 3 amide bonds. The van der Waals surface area contributed by atoms with E-state index in [1.165, 1.54) is 17.0 Å². The molecule has 0 bridgehead atoms. The van der Waals surface area contributed by atoms with E-state index < -0.39 is 53.3 Å². The zero-order valence-corrected chi connectivity index (χ0v) is 25.0. The number of carbonyl (C=O) groups excluding carboxylic acids is 4. The molecule has 10 nitrogen and oxygen atoms in total. The van der Waals surface area contributed by atoms with E-state index in [-0.39, 0.29) is 31.8 Å². The SMILES string of the molecule is CCC[C@H](NC(=O)[C@@H]1C[C@]2(C=C(c3cccc(Cl)c3)NO2)CN1C(=O)Cc1ccc(OC(F)(F)F)cc1)C(=O)C(=O)NC1CC1. The molecule has 0 unspecified atom stereocenters. The molecule has 3 aliphatic rings. The lowest BCUT2D eigenvalue weighted by Gasteiger charge is -2.26. The monoisotopic (exact) mass is 648 g/mol.